The fourth-order valence-corrected chi connectivity index (χ4v) is 4.10. The summed E-state index contributed by atoms with van der Waals surface area (Å²) in [6.45, 7) is 2.55. The zero-order valence-electron chi connectivity index (χ0n) is 11.0. The van der Waals surface area contributed by atoms with Crippen LogP contribution in [-0.4, -0.2) is 46.5 Å². The normalized spacial score (nSPS) is 32.3. The Morgan fingerprint density at radius 2 is 2.17 bits per heavy atom. The van der Waals surface area contributed by atoms with Crippen molar-refractivity contribution in [3.05, 3.63) is 0 Å². The van der Waals surface area contributed by atoms with Crippen molar-refractivity contribution < 1.29 is 14.7 Å². The van der Waals surface area contributed by atoms with Gasteiger partial charge in [0.1, 0.15) is 6.04 Å². The predicted molar refractivity (Wildman–Crippen MR) is 71.5 cm³/mol. The van der Waals surface area contributed by atoms with Crippen molar-refractivity contribution in [1.82, 2.24) is 4.90 Å². The number of hydrogen-bond acceptors (Lipinski definition) is 3. The number of rotatable bonds is 4. The van der Waals surface area contributed by atoms with E-state index in [9.17, 15) is 14.7 Å². The summed E-state index contributed by atoms with van der Waals surface area (Å²) in [6.07, 6.45) is 5.12. The maximum atomic E-state index is 12.3. The van der Waals surface area contributed by atoms with Gasteiger partial charge in [0.05, 0.1) is 0 Å². The molecule has 2 aliphatic rings. The first-order valence-corrected chi connectivity index (χ1v) is 7.98. The van der Waals surface area contributed by atoms with Crippen molar-refractivity contribution in [3.8, 4) is 0 Å². The quantitative estimate of drug-likeness (QED) is 0.845. The summed E-state index contributed by atoms with van der Waals surface area (Å²) in [6, 6.07) is -0.575. The Hall–Kier alpha value is -0.710. The fourth-order valence-electron chi connectivity index (χ4n) is 3.45. The Labute approximate surface area is 112 Å². The van der Waals surface area contributed by atoms with Crippen molar-refractivity contribution in [1.29, 1.82) is 0 Å². The number of amides is 1. The lowest BCUT2D eigenvalue weighted by molar-refractivity contribution is -0.150. The minimum absolute atomic E-state index is 0.0196. The SMILES string of the molecule is CSCC(C)C(=O)N1CC2CCCC2C1C(=O)O. The Bertz CT molecular complexity index is 347. The van der Waals surface area contributed by atoms with Gasteiger partial charge >= 0.3 is 5.97 Å². The molecule has 1 aliphatic carbocycles. The van der Waals surface area contributed by atoms with Gasteiger partial charge in [-0.1, -0.05) is 13.3 Å². The largest absolute Gasteiger partial charge is 0.480 e. The van der Waals surface area contributed by atoms with Gasteiger partial charge < -0.3 is 10.0 Å². The lowest BCUT2D eigenvalue weighted by Gasteiger charge is -2.27. The summed E-state index contributed by atoms with van der Waals surface area (Å²) < 4.78 is 0. The number of likely N-dealkylation sites (tertiary alicyclic amines) is 1. The lowest BCUT2D eigenvalue weighted by Crippen LogP contribution is -2.45. The van der Waals surface area contributed by atoms with Gasteiger partial charge in [-0.15, -0.1) is 0 Å². The van der Waals surface area contributed by atoms with Crippen molar-refractivity contribution in [3.63, 3.8) is 0 Å². The number of aliphatic carboxylic acids is 1. The summed E-state index contributed by atoms with van der Waals surface area (Å²) >= 11 is 1.63. The van der Waals surface area contributed by atoms with Gasteiger partial charge in [-0.2, -0.15) is 11.8 Å². The molecule has 0 radical (unpaired) electrons. The molecule has 0 aromatic rings. The summed E-state index contributed by atoms with van der Waals surface area (Å²) in [7, 11) is 0. The number of thioether (sulfide) groups is 1. The molecule has 0 bridgehead atoms. The van der Waals surface area contributed by atoms with Crippen molar-refractivity contribution in [2.75, 3.05) is 18.6 Å². The highest BCUT2D eigenvalue weighted by molar-refractivity contribution is 7.98. The first-order chi connectivity index (χ1) is 8.56. The number of nitrogens with zero attached hydrogens (tertiary/aromatic N) is 1. The van der Waals surface area contributed by atoms with Crippen LogP contribution >= 0.6 is 11.8 Å². The van der Waals surface area contributed by atoms with Crippen molar-refractivity contribution >= 4 is 23.6 Å². The van der Waals surface area contributed by atoms with Crippen LogP contribution in [0.2, 0.25) is 0 Å². The van der Waals surface area contributed by atoms with E-state index in [1.165, 1.54) is 0 Å². The molecule has 0 spiro atoms. The predicted octanol–water partition coefficient (Wildman–Crippen LogP) is 1.70. The molecule has 1 amide bonds. The third-order valence-electron chi connectivity index (χ3n) is 4.26. The summed E-state index contributed by atoms with van der Waals surface area (Å²) in [5.41, 5.74) is 0. The van der Waals surface area contributed by atoms with Gasteiger partial charge in [0.2, 0.25) is 5.91 Å². The van der Waals surface area contributed by atoms with Crippen LogP contribution in [0.15, 0.2) is 0 Å². The maximum absolute atomic E-state index is 12.3. The lowest BCUT2D eigenvalue weighted by atomic mass is 9.94. The molecule has 0 aromatic carbocycles. The fraction of sp³-hybridized carbons (Fsp3) is 0.846. The zero-order valence-corrected chi connectivity index (χ0v) is 11.8. The molecule has 4 unspecified atom stereocenters. The Balaban J connectivity index is 2.12. The van der Waals surface area contributed by atoms with E-state index >= 15 is 0 Å². The number of fused-ring (bicyclic) bond motifs is 1. The second-order valence-corrected chi connectivity index (χ2v) is 6.40. The van der Waals surface area contributed by atoms with E-state index in [1.54, 1.807) is 16.7 Å². The molecule has 1 N–H and O–H groups in total. The average molecular weight is 271 g/mol. The minimum atomic E-state index is -0.825. The highest BCUT2D eigenvalue weighted by Crippen LogP contribution is 2.42. The third-order valence-corrected chi connectivity index (χ3v) is 5.10. The number of hydrogen-bond donors (Lipinski definition) is 1. The van der Waals surface area contributed by atoms with Crippen molar-refractivity contribution in [2.45, 2.75) is 32.2 Å². The summed E-state index contributed by atoms with van der Waals surface area (Å²) in [5.74, 6) is 0.474. The molecular formula is C13H21NO3S. The molecule has 1 aliphatic heterocycles. The van der Waals surface area contributed by atoms with E-state index in [0.29, 0.717) is 12.5 Å². The van der Waals surface area contributed by atoms with Crippen LogP contribution in [0.25, 0.3) is 0 Å². The monoisotopic (exact) mass is 271 g/mol. The molecule has 4 nitrogen and oxygen atoms in total. The number of carbonyl (C=O) groups is 2. The van der Waals surface area contributed by atoms with Crippen LogP contribution < -0.4 is 0 Å². The van der Waals surface area contributed by atoms with E-state index in [-0.39, 0.29) is 17.7 Å². The maximum Gasteiger partial charge on any atom is 0.326 e. The molecule has 18 heavy (non-hydrogen) atoms. The molecule has 1 heterocycles. The first kappa shape index (κ1) is 13.7. The van der Waals surface area contributed by atoms with Gasteiger partial charge in [-0.05, 0) is 30.9 Å². The van der Waals surface area contributed by atoms with Crippen LogP contribution in [0.5, 0.6) is 0 Å². The third kappa shape index (κ3) is 2.37. The van der Waals surface area contributed by atoms with Crippen LogP contribution in [0, 0.1) is 17.8 Å². The van der Waals surface area contributed by atoms with E-state index in [1.807, 2.05) is 13.2 Å². The van der Waals surface area contributed by atoms with Gasteiger partial charge in [-0.25, -0.2) is 4.79 Å². The van der Waals surface area contributed by atoms with E-state index in [0.717, 1.165) is 25.0 Å². The second-order valence-electron chi connectivity index (χ2n) is 5.48. The topological polar surface area (TPSA) is 57.6 Å². The van der Waals surface area contributed by atoms with Crippen LogP contribution in [0.4, 0.5) is 0 Å². The van der Waals surface area contributed by atoms with Crippen molar-refractivity contribution in [2.24, 2.45) is 17.8 Å². The molecule has 4 atom stereocenters. The van der Waals surface area contributed by atoms with E-state index < -0.39 is 12.0 Å². The molecule has 1 saturated carbocycles. The Morgan fingerprint density at radius 1 is 1.44 bits per heavy atom. The minimum Gasteiger partial charge on any atom is -0.480 e. The van der Waals surface area contributed by atoms with Gasteiger partial charge in [0.15, 0.2) is 0 Å². The molecular weight excluding hydrogens is 250 g/mol. The van der Waals surface area contributed by atoms with Gasteiger partial charge in [0.25, 0.3) is 0 Å². The van der Waals surface area contributed by atoms with E-state index in [2.05, 4.69) is 0 Å². The average Bonchev–Trinajstić information content (AvgIpc) is 2.86. The Morgan fingerprint density at radius 3 is 2.78 bits per heavy atom. The molecule has 2 fully saturated rings. The van der Waals surface area contributed by atoms with E-state index in [4.69, 9.17) is 0 Å². The summed E-state index contributed by atoms with van der Waals surface area (Å²) in [4.78, 5) is 25.4. The molecule has 102 valence electrons. The molecule has 0 aromatic heterocycles. The second kappa shape index (κ2) is 5.51. The van der Waals surface area contributed by atoms with Crippen LogP contribution in [0.3, 0.4) is 0 Å². The number of carboxylic acids is 1. The highest BCUT2D eigenvalue weighted by Gasteiger charge is 2.49. The number of carbonyl (C=O) groups excluding carboxylic acids is 1. The van der Waals surface area contributed by atoms with Crippen LogP contribution in [-0.2, 0) is 9.59 Å². The molecule has 5 heteroatoms. The highest BCUT2D eigenvalue weighted by atomic mass is 32.2. The molecule has 2 rings (SSSR count). The van der Waals surface area contributed by atoms with Crippen LogP contribution in [0.1, 0.15) is 26.2 Å². The van der Waals surface area contributed by atoms with Gasteiger partial charge in [0, 0.05) is 18.2 Å². The molecule has 1 saturated heterocycles. The standard InChI is InChI=1S/C13H21NO3S/c1-8(7-18-2)12(15)14-6-9-4-3-5-10(9)11(14)13(16)17/h8-11H,3-7H2,1-2H3,(H,16,17). The first-order valence-electron chi connectivity index (χ1n) is 6.58. The van der Waals surface area contributed by atoms with Gasteiger partial charge in [-0.3, -0.25) is 4.79 Å². The number of carboxylic acid groups (broad SMARTS) is 1. The Kier molecular flexibility index (Phi) is 4.20. The summed E-state index contributed by atoms with van der Waals surface area (Å²) in [5, 5.41) is 9.39. The smallest absolute Gasteiger partial charge is 0.326 e. The zero-order chi connectivity index (χ0) is 13.3.